The van der Waals surface area contributed by atoms with Crippen LogP contribution in [-0.2, 0) is 20.8 Å². The van der Waals surface area contributed by atoms with Crippen LogP contribution < -0.4 is 0 Å². The van der Waals surface area contributed by atoms with Gasteiger partial charge >= 0.3 is 5.97 Å². The minimum Gasteiger partial charge on any atom is -0.481 e. The van der Waals surface area contributed by atoms with E-state index in [-0.39, 0.29) is 30.2 Å². The summed E-state index contributed by atoms with van der Waals surface area (Å²) >= 11 is 0. The molecule has 1 N–H and O–H groups in total. The molecule has 1 aromatic carbocycles. The van der Waals surface area contributed by atoms with Gasteiger partial charge in [-0.3, -0.25) is 14.4 Å². The fourth-order valence-corrected chi connectivity index (χ4v) is 4.20. The lowest BCUT2D eigenvalue weighted by Gasteiger charge is -2.32. The molecule has 27 heavy (non-hydrogen) atoms. The van der Waals surface area contributed by atoms with Crippen LogP contribution in [0.3, 0.4) is 0 Å². The number of likely N-dealkylation sites (N-methyl/N-ethyl adjacent to an activating group) is 1. The summed E-state index contributed by atoms with van der Waals surface area (Å²) in [5.74, 6) is -1.03. The first-order valence-electron chi connectivity index (χ1n) is 9.78. The smallest absolute Gasteiger partial charge is 0.306 e. The van der Waals surface area contributed by atoms with E-state index < -0.39 is 5.97 Å². The number of fused-ring (bicyclic) bond motifs is 1. The van der Waals surface area contributed by atoms with E-state index in [0.717, 1.165) is 19.3 Å². The van der Waals surface area contributed by atoms with Gasteiger partial charge in [0.25, 0.3) is 0 Å². The number of rotatable bonds is 5. The molecule has 0 aromatic heterocycles. The number of carboxylic acid groups (broad SMARTS) is 1. The second-order valence-electron chi connectivity index (χ2n) is 7.74. The average Bonchev–Trinajstić information content (AvgIpc) is 2.68. The van der Waals surface area contributed by atoms with E-state index in [1.54, 1.807) is 11.9 Å². The van der Waals surface area contributed by atoms with Crippen molar-refractivity contribution in [3.05, 3.63) is 35.4 Å². The Morgan fingerprint density at radius 3 is 2.56 bits per heavy atom. The Balaban J connectivity index is 1.51. The predicted octanol–water partition coefficient (Wildman–Crippen LogP) is 2.28. The number of aryl methyl sites for hydroxylation is 1. The molecule has 0 radical (unpaired) electrons. The van der Waals surface area contributed by atoms with Crippen LogP contribution in [0.5, 0.6) is 0 Å². The second-order valence-corrected chi connectivity index (χ2v) is 7.74. The lowest BCUT2D eigenvalue weighted by molar-refractivity contribution is -0.146. The molecule has 1 unspecified atom stereocenters. The summed E-state index contributed by atoms with van der Waals surface area (Å²) in [6.07, 6.45) is 4.57. The zero-order valence-electron chi connectivity index (χ0n) is 15.9. The summed E-state index contributed by atoms with van der Waals surface area (Å²) in [6.45, 7) is 0.965. The zero-order chi connectivity index (χ0) is 19.4. The van der Waals surface area contributed by atoms with E-state index in [4.69, 9.17) is 5.11 Å². The summed E-state index contributed by atoms with van der Waals surface area (Å²) in [7, 11) is 1.68. The molecule has 146 valence electrons. The van der Waals surface area contributed by atoms with E-state index in [2.05, 4.69) is 12.1 Å². The Kier molecular flexibility index (Phi) is 6.14. The molecule has 1 heterocycles. The van der Waals surface area contributed by atoms with Gasteiger partial charge in [0.05, 0.1) is 12.5 Å². The van der Waals surface area contributed by atoms with Crippen molar-refractivity contribution in [2.24, 2.45) is 5.92 Å². The highest BCUT2D eigenvalue weighted by molar-refractivity contribution is 5.85. The molecule has 1 fully saturated rings. The number of hydrogen-bond donors (Lipinski definition) is 1. The SMILES string of the molecule is CN(CC(=O)N1CCC(C(=O)O)CC1)C(=O)CC1CCCc2ccccc21. The third-order valence-corrected chi connectivity index (χ3v) is 5.91. The molecule has 6 heteroatoms. The first-order chi connectivity index (χ1) is 13.0. The van der Waals surface area contributed by atoms with Crippen molar-refractivity contribution in [3.63, 3.8) is 0 Å². The van der Waals surface area contributed by atoms with E-state index >= 15 is 0 Å². The summed E-state index contributed by atoms with van der Waals surface area (Å²) < 4.78 is 0. The fraction of sp³-hybridized carbons (Fsp3) is 0.571. The van der Waals surface area contributed by atoms with Gasteiger partial charge in [-0.05, 0) is 49.1 Å². The molecule has 1 aromatic rings. The van der Waals surface area contributed by atoms with Crippen LogP contribution in [0.4, 0.5) is 0 Å². The third kappa shape index (κ3) is 4.67. The number of amides is 2. The van der Waals surface area contributed by atoms with Gasteiger partial charge in [-0.1, -0.05) is 24.3 Å². The van der Waals surface area contributed by atoms with Crippen molar-refractivity contribution >= 4 is 17.8 Å². The van der Waals surface area contributed by atoms with Crippen LogP contribution in [0.1, 0.15) is 49.1 Å². The monoisotopic (exact) mass is 372 g/mol. The fourth-order valence-electron chi connectivity index (χ4n) is 4.20. The first-order valence-corrected chi connectivity index (χ1v) is 9.78. The van der Waals surface area contributed by atoms with E-state index in [9.17, 15) is 14.4 Å². The van der Waals surface area contributed by atoms with Crippen molar-refractivity contribution in [2.75, 3.05) is 26.7 Å². The number of benzene rings is 1. The number of carbonyl (C=O) groups is 3. The number of hydrogen-bond acceptors (Lipinski definition) is 3. The zero-order valence-corrected chi connectivity index (χ0v) is 15.9. The number of nitrogens with zero attached hydrogens (tertiary/aromatic N) is 2. The molecule has 1 aliphatic heterocycles. The van der Waals surface area contributed by atoms with Gasteiger partial charge in [-0.15, -0.1) is 0 Å². The van der Waals surface area contributed by atoms with Crippen molar-refractivity contribution in [3.8, 4) is 0 Å². The molecule has 2 aliphatic rings. The molecule has 0 bridgehead atoms. The maximum absolute atomic E-state index is 12.7. The highest BCUT2D eigenvalue weighted by atomic mass is 16.4. The van der Waals surface area contributed by atoms with Gasteiger partial charge in [0.1, 0.15) is 0 Å². The largest absolute Gasteiger partial charge is 0.481 e. The molecule has 3 rings (SSSR count). The highest BCUT2D eigenvalue weighted by Gasteiger charge is 2.29. The minimum absolute atomic E-state index is 0.00882. The maximum Gasteiger partial charge on any atom is 0.306 e. The molecule has 6 nitrogen and oxygen atoms in total. The Morgan fingerprint density at radius 1 is 1.15 bits per heavy atom. The number of carbonyl (C=O) groups excluding carboxylic acids is 2. The molecular weight excluding hydrogens is 344 g/mol. The van der Waals surface area contributed by atoms with E-state index in [1.165, 1.54) is 16.0 Å². The number of aliphatic carboxylic acids is 1. The lowest BCUT2D eigenvalue weighted by Crippen LogP contribution is -2.45. The average molecular weight is 372 g/mol. The van der Waals surface area contributed by atoms with Crippen LogP contribution >= 0.6 is 0 Å². The first kappa shape index (κ1) is 19.4. The summed E-state index contributed by atoms with van der Waals surface area (Å²) in [5, 5.41) is 9.05. The van der Waals surface area contributed by atoms with Crippen molar-refractivity contribution in [2.45, 2.75) is 44.4 Å². The molecule has 0 saturated carbocycles. The number of piperidine rings is 1. The van der Waals surface area contributed by atoms with Crippen LogP contribution in [0.25, 0.3) is 0 Å². The van der Waals surface area contributed by atoms with Gasteiger partial charge in [-0.2, -0.15) is 0 Å². The normalized spacial score (nSPS) is 20.0. The molecule has 0 spiro atoms. The van der Waals surface area contributed by atoms with Crippen molar-refractivity contribution in [1.82, 2.24) is 9.80 Å². The van der Waals surface area contributed by atoms with Gasteiger partial charge in [0.2, 0.25) is 11.8 Å². The second kappa shape index (κ2) is 8.55. The standard InChI is InChI=1S/C21H28N2O4/c1-22(14-20(25)23-11-9-16(10-12-23)21(26)27)19(24)13-17-7-4-6-15-5-2-3-8-18(15)17/h2-3,5,8,16-17H,4,6-7,9-14H2,1H3,(H,26,27). The summed E-state index contributed by atoms with van der Waals surface area (Å²) in [4.78, 5) is 39.3. The van der Waals surface area contributed by atoms with Gasteiger partial charge in [-0.25, -0.2) is 0 Å². The van der Waals surface area contributed by atoms with E-state index in [1.807, 2.05) is 12.1 Å². The summed E-state index contributed by atoms with van der Waals surface area (Å²) in [6, 6.07) is 8.32. The van der Waals surface area contributed by atoms with Gasteiger partial charge in [0, 0.05) is 26.6 Å². The number of likely N-dealkylation sites (tertiary alicyclic amines) is 1. The topological polar surface area (TPSA) is 77.9 Å². The predicted molar refractivity (Wildman–Crippen MR) is 101 cm³/mol. The quantitative estimate of drug-likeness (QED) is 0.860. The Bertz CT molecular complexity index is 710. The third-order valence-electron chi connectivity index (χ3n) is 5.91. The van der Waals surface area contributed by atoms with Crippen molar-refractivity contribution < 1.29 is 19.5 Å². The highest BCUT2D eigenvalue weighted by Crippen LogP contribution is 2.34. The minimum atomic E-state index is -0.790. The Labute approximate surface area is 160 Å². The van der Waals surface area contributed by atoms with Crippen LogP contribution in [0.2, 0.25) is 0 Å². The molecule has 1 atom stereocenters. The molecule has 1 aliphatic carbocycles. The van der Waals surface area contributed by atoms with Gasteiger partial charge in [0.15, 0.2) is 0 Å². The van der Waals surface area contributed by atoms with Crippen LogP contribution in [-0.4, -0.2) is 59.4 Å². The molecule has 1 saturated heterocycles. The van der Waals surface area contributed by atoms with E-state index in [0.29, 0.717) is 32.4 Å². The summed E-state index contributed by atoms with van der Waals surface area (Å²) in [5.41, 5.74) is 2.61. The van der Waals surface area contributed by atoms with Gasteiger partial charge < -0.3 is 14.9 Å². The maximum atomic E-state index is 12.7. The van der Waals surface area contributed by atoms with Crippen LogP contribution in [0.15, 0.2) is 24.3 Å². The molecular formula is C21H28N2O4. The molecule has 2 amide bonds. The van der Waals surface area contributed by atoms with Crippen LogP contribution in [0, 0.1) is 5.92 Å². The lowest BCUT2D eigenvalue weighted by atomic mass is 9.81. The van der Waals surface area contributed by atoms with Crippen molar-refractivity contribution in [1.29, 1.82) is 0 Å². The number of carboxylic acids is 1. The Morgan fingerprint density at radius 2 is 1.85 bits per heavy atom. The Hall–Kier alpha value is -2.37.